The topological polar surface area (TPSA) is 35.6 Å². The Bertz CT molecular complexity index is 3110. The standard InChI is InChI=1S/C46H28N4/c1-3-15-32-29(12-1)14-11-20-36(32)45-37-19-5-8-21-39(37)47-46(48-45)50-42-27-24-30-13-2-4-16-33(30)44(42)38-26-25-31(28-43(38)50)49-40-22-9-6-17-34(40)35-18-7-10-23-41(35)49/h1-28H. The largest absolute Gasteiger partial charge is 0.309 e. The van der Waals surface area contributed by atoms with Crippen LogP contribution in [0.3, 0.4) is 0 Å². The Kier molecular flexibility index (Phi) is 5.63. The lowest BCUT2D eigenvalue weighted by atomic mass is 9.99. The van der Waals surface area contributed by atoms with Crippen molar-refractivity contribution in [2.75, 3.05) is 0 Å². The maximum atomic E-state index is 5.48. The molecule has 3 heterocycles. The molecule has 0 saturated carbocycles. The lowest BCUT2D eigenvalue weighted by molar-refractivity contribution is 1.01. The number of para-hydroxylation sites is 3. The van der Waals surface area contributed by atoms with Crippen LogP contribution in [0.4, 0.5) is 0 Å². The van der Waals surface area contributed by atoms with E-state index in [2.05, 4.69) is 179 Å². The first kappa shape index (κ1) is 27.2. The predicted octanol–water partition coefficient (Wildman–Crippen LogP) is 11.8. The van der Waals surface area contributed by atoms with E-state index in [0.717, 1.165) is 38.9 Å². The smallest absolute Gasteiger partial charge is 0.235 e. The molecule has 4 nitrogen and oxygen atoms in total. The van der Waals surface area contributed by atoms with Crippen LogP contribution < -0.4 is 0 Å². The number of benzene rings is 8. The summed E-state index contributed by atoms with van der Waals surface area (Å²) in [4.78, 5) is 10.8. The van der Waals surface area contributed by atoms with Gasteiger partial charge in [0.15, 0.2) is 0 Å². The van der Waals surface area contributed by atoms with E-state index in [1.54, 1.807) is 0 Å². The molecule has 0 aliphatic carbocycles. The van der Waals surface area contributed by atoms with Gasteiger partial charge in [0, 0.05) is 38.2 Å². The lowest BCUT2D eigenvalue weighted by Gasteiger charge is -2.14. The molecule has 0 spiro atoms. The van der Waals surface area contributed by atoms with Crippen LogP contribution in [-0.4, -0.2) is 19.1 Å². The molecule has 0 atom stereocenters. The highest BCUT2D eigenvalue weighted by atomic mass is 15.2. The number of hydrogen-bond acceptors (Lipinski definition) is 2. The van der Waals surface area contributed by atoms with E-state index >= 15 is 0 Å². The van der Waals surface area contributed by atoms with Gasteiger partial charge in [-0.3, -0.25) is 4.57 Å². The zero-order valence-electron chi connectivity index (χ0n) is 27.0. The van der Waals surface area contributed by atoms with Crippen LogP contribution in [-0.2, 0) is 0 Å². The van der Waals surface area contributed by atoms with Crippen molar-refractivity contribution in [3.05, 3.63) is 170 Å². The molecule has 0 fully saturated rings. The molecular weight excluding hydrogens is 609 g/mol. The van der Waals surface area contributed by atoms with Crippen molar-refractivity contribution in [1.29, 1.82) is 0 Å². The summed E-state index contributed by atoms with van der Waals surface area (Å²) in [6, 6.07) is 60.7. The minimum absolute atomic E-state index is 0.654. The Labute approximate surface area is 287 Å². The maximum Gasteiger partial charge on any atom is 0.235 e. The van der Waals surface area contributed by atoms with E-state index in [1.807, 2.05) is 0 Å². The summed E-state index contributed by atoms with van der Waals surface area (Å²) < 4.78 is 4.66. The van der Waals surface area contributed by atoms with Gasteiger partial charge >= 0.3 is 0 Å². The molecule has 232 valence electrons. The van der Waals surface area contributed by atoms with Crippen LogP contribution in [0.25, 0.3) is 99.0 Å². The Morgan fingerprint density at radius 3 is 1.76 bits per heavy atom. The first-order valence-corrected chi connectivity index (χ1v) is 17.0. The summed E-state index contributed by atoms with van der Waals surface area (Å²) in [7, 11) is 0. The van der Waals surface area contributed by atoms with E-state index in [9.17, 15) is 0 Å². The lowest BCUT2D eigenvalue weighted by Crippen LogP contribution is -2.04. The summed E-state index contributed by atoms with van der Waals surface area (Å²) in [6.45, 7) is 0. The summed E-state index contributed by atoms with van der Waals surface area (Å²) in [6.07, 6.45) is 0. The quantitative estimate of drug-likeness (QED) is 0.193. The van der Waals surface area contributed by atoms with E-state index in [4.69, 9.17) is 9.97 Å². The first-order chi connectivity index (χ1) is 24.8. The highest BCUT2D eigenvalue weighted by molar-refractivity contribution is 6.21. The fourth-order valence-electron chi connectivity index (χ4n) is 8.13. The summed E-state index contributed by atoms with van der Waals surface area (Å²) in [5.74, 6) is 0.654. The number of hydrogen-bond donors (Lipinski definition) is 0. The molecular formula is C46H28N4. The van der Waals surface area contributed by atoms with Gasteiger partial charge in [0.25, 0.3) is 0 Å². The SMILES string of the molecule is c1ccc2c(-c3nc(-n4c5cc(-n6c7ccccc7c7ccccc76)ccc5c5c6ccccc6ccc54)nc4ccccc34)cccc2c1. The predicted molar refractivity (Wildman–Crippen MR) is 209 cm³/mol. The van der Waals surface area contributed by atoms with Crippen molar-refractivity contribution in [2.24, 2.45) is 0 Å². The second-order valence-corrected chi connectivity index (χ2v) is 13.0. The maximum absolute atomic E-state index is 5.48. The second-order valence-electron chi connectivity index (χ2n) is 13.0. The zero-order chi connectivity index (χ0) is 32.8. The molecule has 11 aromatic rings. The molecule has 4 heteroatoms. The van der Waals surface area contributed by atoms with Gasteiger partial charge in [-0.05, 0) is 57.9 Å². The molecule has 0 aliphatic rings. The van der Waals surface area contributed by atoms with Gasteiger partial charge in [-0.2, -0.15) is 0 Å². The Balaban J connectivity index is 1.28. The van der Waals surface area contributed by atoms with Crippen molar-refractivity contribution < 1.29 is 0 Å². The molecule has 0 aliphatic heterocycles. The van der Waals surface area contributed by atoms with Crippen LogP contribution >= 0.6 is 0 Å². The number of fused-ring (bicyclic) bond motifs is 10. The Morgan fingerprint density at radius 2 is 0.980 bits per heavy atom. The van der Waals surface area contributed by atoms with Gasteiger partial charge < -0.3 is 4.57 Å². The average molecular weight is 637 g/mol. The molecule has 11 rings (SSSR count). The molecule has 0 saturated heterocycles. The summed E-state index contributed by atoms with van der Waals surface area (Å²) >= 11 is 0. The van der Waals surface area contributed by atoms with E-state index < -0.39 is 0 Å². The molecule has 3 aromatic heterocycles. The van der Waals surface area contributed by atoms with Gasteiger partial charge in [-0.25, -0.2) is 9.97 Å². The van der Waals surface area contributed by atoms with Gasteiger partial charge in [0.1, 0.15) is 0 Å². The van der Waals surface area contributed by atoms with Gasteiger partial charge in [0.2, 0.25) is 5.95 Å². The third kappa shape index (κ3) is 3.81. The summed E-state index contributed by atoms with van der Waals surface area (Å²) in [5.41, 5.74) is 8.54. The van der Waals surface area contributed by atoms with Crippen LogP contribution in [0.15, 0.2) is 170 Å². The minimum atomic E-state index is 0.654. The third-order valence-electron chi connectivity index (χ3n) is 10.3. The van der Waals surface area contributed by atoms with Crippen molar-refractivity contribution in [3.63, 3.8) is 0 Å². The summed E-state index contributed by atoms with van der Waals surface area (Å²) in [5, 5.41) is 10.7. The normalized spacial score (nSPS) is 12.0. The van der Waals surface area contributed by atoms with E-state index in [-0.39, 0.29) is 0 Å². The monoisotopic (exact) mass is 636 g/mol. The fourth-order valence-corrected chi connectivity index (χ4v) is 8.13. The highest BCUT2D eigenvalue weighted by Crippen LogP contribution is 2.40. The zero-order valence-corrected chi connectivity index (χ0v) is 27.0. The number of rotatable bonds is 3. The van der Waals surface area contributed by atoms with Crippen LogP contribution in [0, 0.1) is 0 Å². The third-order valence-corrected chi connectivity index (χ3v) is 10.3. The van der Waals surface area contributed by atoms with Gasteiger partial charge in [0.05, 0.1) is 33.3 Å². The van der Waals surface area contributed by atoms with Crippen molar-refractivity contribution in [3.8, 4) is 22.9 Å². The molecule has 50 heavy (non-hydrogen) atoms. The first-order valence-electron chi connectivity index (χ1n) is 17.0. The molecule has 8 aromatic carbocycles. The highest BCUT2D eigenvalue weighted by Gasteiger charge is 2.21. The second kappa shape index (κ2) is 10.4. The Morgan fingerprint density at radius 1 is 0.360 bits per heavy atom. The van der Waals surface area contributed by atoms with Crippen molar-refractivity contribution >= 4 is 76.1 Å². The van der Waals surface area contributed by atoms with E-state index in [1.165, 1.54) is 54.1 Å². The van der Waals surface area contributed by atoms with Crippen LogP contribution in [0.5, 0.6) is 0 Å². The minimum Gasteiger partial charge on any atom is -0.309 e. The molecule has 0 amide bonds. The Hall–Kier alpha value is -6.78. The molecule has 0 bridgehead atoms. The number of nitrogens with zero attached hydrogens (tertiary/aromatic N) is 4. The van der Waals surface area contributed by atoms with Crippen molar-refractivity contribution in [1.82, 2.24) is 19.1 Å². The number of aromatic nitrogens is 4. The molecule has 0 N–H and O–H groups in total. The van der Waals surface area contributed by atoms with Gasteiger partial charge in [-0.15, -0.1) is 0 Å². The van der Waals surface area contributed by atoms with E-state index in [0.29, 0.717) is 5.95 Å². The molecule has 0 unspecified atom stereocenters. The van der Waals surface area contributed by atoms with Crippen LogP contribution in [0.2, 0.25) is 0 Å². The van der Waals surface area contributed by atoms with Gasteiger partial charge in [-0.1, -0.05) is 133 Å². The molecule has 0 radical (unpaired) electrons. The fraction of sp³-hybridized carbons (Fsp3) is 0. The van der Waals surface area contributed by atoms with Crippen molar-refractivity contribution in [2.45, 2.75) is 0 Å². The van der Waals surface area contributed by atoms with Crippen LogP contribution in [0.1, 0.15) is 0 Å². The average Bonchev–Trinajstić information content (AvgIpc) is 3.70.